The van der Waals surface area contributed by atoms with Gasteiger partial charge in [0.15, 0.2) is 0 Å². The highest BCUT2D eigenvalue weighted by atomic mass is 16.5. The monoisotopic (exact) mass is 347 g/mol. The Labute approximate surface area is 150 Å². The minimum atomic E-state index is -0.478. The number of nitrogens with zero attached hydrogens (tertiary/aromatic N) is 2. The van der Waals surface area contributed by atoms with Crippen molar-refractivity contribution < 1.29 is 14.3 Å². The van der Waals surface area contributed by atoms with Crippen molar-refractivity contribution in [3.8, 4) is 11.4 Å². The van der Waals surface area contributed by atoms with E-state index in [4.69, 9.17) is 4.74 Å². The Kier molecular flexibility index (Phi) is 5.24. The molecule has 1 N–H and O–H groups in total. The van der Waals surface area contributed by atoms with E-state index in [2.05, 4.69) is 10.4 Å². The van der Waals surface area contributed by atoms with E-state index in [-0.39, 0.29) is 5.91 Å². The molecule has 0 spiro atoms. The number of amides is 1. The standard InChI is InChI=1S/C20H17N3O3/c1-15(24)22-17-9-6-16(7-10-17)8-11-20(25)26-19-5-2-4-18(14-19)23-13-3-12-21-23/h2-14H,1H3,(H,22,24)/b11-8+. The molecule has 6 heteroatoms. The molecular weight excluding hydrogens is 330 g/mol. The second-order valence-electron chi connectivity index (χ2n) is 5.51. The summed E-state index contributed by atoms with van der Waals surface area (Å²) in [7, 11) is 0. The van der Waals surface area contributed by atoms with Gasteiger partial charge < -0.3 is 10.1 Å². The third-order valence-electron chi connectivity index (χ3n) is 3.45. The molecule has 0 unspecified atom stereocenters. The molecular formula is C20H17N3O3. The summed E-state index contributed by atoms with van der Waals surface area (Å²) in [6, 6.07) is 16.1. The summed E-state index contributed by atoms with van der Waals surface area (Å²) >= 11 is 0. The van der Waals surface area contributed by atoms with Crippen LogP contribution in [0.4, 0.5) is 5.69 Å². The second kappa shape index (κ2) is 7.94. The molecule has 1 amide bonds. The first kappa shape index (κ1) is 17.2. The second-order valence-corrected chi connectivity index (χ2v) is 5.51. The average molecular weight is 347 g/mol. The van der Waals surface area contributed by atoms with E-state index in [1.165, 1.54) is 13.0 Å². The van der Waals surface area contributed by atoms with Crippen LogP contribution in [-0.4, -0.2) is 21.7 Å². The van der Waals surface area contributed by atoms with Gasteiger partial charge in [-0.1, -0.05) is 18.2 Å². The van der Waals surface area contributed by atoms with Gasteiger partial charge in [-0.15, -0.1) is 0 Å². The van der Waals surface area contributed by atoms with Gasteiger partial charge in [-0.25, -0.2) is 9.48 Å². The van der Waals surface area contributed by atoms with Crippen LogP contribution in [0.3, 0.4) is 0 Å². The molecule has 0 aliphatic carbocycles. The van der Waals surface area contributed by atoms with Crippen LogP contribution >= 0.6 is 0 Å². The molecule has 130 valence electrons. The SMILES string of the molecule is CC(=O)Nc1ccc(/C=C/C(=O)Oc2cccc(-n3cccn3)c2)cc1. The number of nitrogens with one attached hydrogen (secondary N) is 1. The Bertz CT molecular complexity index is 929. The quantitative estimate of drug-likeness (QED) is 0.436. The first-order valence-corrected chi connectivity index (χ1v) is 7.98. The Hall–Kier alpha value is -3.67. The maximum Gasteiger partial charge on any atom is 0.336 e. The first-order chi connectivity index (χ1) is 12.6. The van der Waals surface area contributed by atoms with Crippen LogP contribution in [0.5, 0.6) is 5.75 Å². The minimum absolute atomic E-state index is 0.130. The van der Waals surface area contributed by atoms with Crippen LogP contribution in [0.1, 0.15) is 12.5 Å². The van der Waals surface area contributed by atoms with E-state index in [1.807, 2.05) is 18.3 Å². The van der Waals surface area contributed by atoms with Gasteiger partial charge in [-0.2, -0.15) is 5.10 Å². The number of carbonyl (C=O) groups is 2. The fraction of sp³-hybridized carbons (Fsp3) is 0.0500. The zero-order chi connectivity index (χ0) is 18.4. The van der Waals surface area contributed by atoms with E-state index < -0.39 is 5.97 Å². The number of esters is 1. The molecule has 1 heterocycles. The maximum absolute atomic E-state index is 12.0. The molecule has 0 aliphatic rings. The highest BCUT2D eigenvalue weighted by molar-refractivity contribution is 5.90. The van der Waals surface area contributed by atoms with Crippen LogP contribution in [0.25, 0.3) is 11.8 Å². The number of carbonyl (C=O) groups excluding carboxylic acids is 2. The fourth-order valence-corrected chi connectivity index (χ4v) is 2.31. The van der Waals surface area contributed by atoms with Crippen LogP contribution in [0.2, 0.25) is 0 Å². The summed E-state index contributed by atoms with van der Waals surface area (Å²) in [6.07, 6.45) is 6.50. The Balaban J connectivity index is 1.62. The maximum atomic E-state index is 12.0. The molecule has 26 heavy (non-hydrogen) atoms. The largest absolute Gasteiger partial charge is 0.423 e. The van der Waals surface area contributed by atoms with Crippen LogP contribution < -0.4 is 10.1 Å². The Morgan fingerprint density at radius 1 is 1.12 bits per heavy atom. The lowest BCUT2D eigenvalue weighted by Gasteiger charge is -2.05. The molecule has 6 nitrogen and oxygen atoms in total. The molecule has 3 aromatic rings. The van der Waals surface area contributed by atoms with Crippen molar-refractivity contribution in [2.45, 2.75) is 6.92 Å². The predicted molar refractivity (Wildman–Crippen MR) is 99.0 cm³/mol. The number of hydrogen-bond donors (Lipinski definition) is 1. The third kappa shape index (κ3) is 4.67. The van der Waals surface area contributed by atoms with Gasteiger partial charge >= 0.3 is 5.97 Å². The highest BCUT2D eigenvalue weighted by Gasteiger charge is 2.03. The van der Waals surface area contributed by atoms with E-state index in [1.54, 1.807) is 59.4 Å². The number of rotatable bonds is 5. The van der Waals surface area contributed by atoms with Gasteiger partial charge in [0.2, 0.25) is 5.91 Å². The number of benzene rings is 2. The van der Waals surface area contributed by atoms with Gasteiger partial charge in [0.1, 0.15) is 5.75 Å². The summed E-state index contributed by atoms with van der Waals surface area (Å²) in [5.41, 5.74) is 2.33. The number of anilines is 1. The molecule has 0 radical (unpaired) electrons. The summed E-state index contributed by atoms with van der Waals surface area (Å²) in [4.78, 5) is 23.0. The average Bonchev–Trinajstić information content (AvgIpc) is 3.16. The molecule has 0 aliphatic heterocycles. The first-order valence-electron chi connectivity index (χ1n) is 7.98. The molecule has 0 atom stereocenters. The van der Waals surface area contributed by atoms with E-state index in [9.17, 15) is 9.59 Å². The lowest BCUT2D eigenvalue weighted by Crippen LogP contribution is -2.05. The van der Waals surface area contributed by atoms with Crippen molar-refractivity contribution >= 4 is 23.6 Å². The lowest BCUT2D eigenvalue weighted by molar-refractivity contribution is -0.128. The van der Waals surface area contributed by atoms with Gasteiger partial charge in [0.25, 0.3) is 0 Å². The van der Waals surface area contributed by atoms with Crippen molar-refractivity contribution in [2.24, 2.45) is 0 Å². The summed E-state index contributed by atoms with van der Waals surface area (Å²) in [5.74, 6) is -0.170. The van der Waals surface area contributed by atoms with E-state index >= 15 is 0 Å². The number of hydrogen-bond acceptors (Lipinski definition) is 4. The van der Waals surface area contributed by atoms with Crippen LogP contribution in [-0.2, 0) is 9.59 Å². The predicted octanol–water partition coefficient (Wildman–Crippen LogP) is 3.45. The molecule has 2 aromatic carbocycles. The van der Waals surface area contributed by atoms with Gasteiger partial charge in [0, 0.05) is 37.1 Å². The van der Waals surface area contributed by atoms with Gasteiger partial charge in [-0.05, 0) is 42.0 Å². The van der Waals surface area contributed by atoms with Crippen LogP contribution in [0.15, 0.2) is 73.1 Å². The summed E-state index contributed by atoms with van der Waals surface area (Å²) < 4.78 is 7.01. The van der Waals surface area contributed by atoms with Crippen molar-refractivity contribution in [1.29, 1.82) is 0 Å². The zero-order valence-corrected chi connectivity index (χ0v) is 14.1. The smallest absolute Gasteiger partial charge is 0.336 e. The van der Waals surface area contributed by atoms with Crippen molar-refractivity contribution in [1.82, 2.24) is 9.78 Å². The van der Waals surface area contributed by atoms with Crippen molar-refractivity contribution in [3.63, 3.8) is 0 Å². The molecule has 0 fully saturated rings. The number of aromatic nitrogens is 2. The fourth-order valence-electron chi connectivity index (χ4n) is 2.31. The van der Waals surface area contributed by atoms with E-state index in [0.717, 1.165) is 11.3 Å². The molecule has 0 saturated heterocycles. The highest BCUT2D eigenvalue weighted by Crippen LogP contribution is 2.17. The molecule has 0 saturated carbocycles. The van der Waals surface area contributed by atoms with Crippen molar-refractivity contribution in [2.75, 3.05) is 5.32 Å². The van der Waals surface area contributed by atoms with Crippen LogP contribution in [0, 0.1) is 0 Å². The van der Waals surface area contributed by atoms with Crippen molar-refractivity contribution in [3.05, 3.63) is 78.6 Å². The third-order valence-corrected chi connectivity index (χ3v) is 3.45. The zero-order valence-electron chi connectivity index (χ0n) is 14.1. The summed E-state index contributed by atoms with van der Waals surface area (Å²) in [5, 5.41) is 6.83. The summed E-state index contributed by atoms with van der Waals surface area (Å²) in [6.45, 7) is 1.45. The minimum Gasteiger partial charge on any atom is -0.423 e. The topological polar surface area (TPSA) is 73.2 Å². The molecule has 3 rings (SSSR count). The van der Waals surface area contributed by atoms with Gasteiger partial charge in [-0.3, -0.25) is 4.79 Å². The van der Waals surface area contributed by atoms with Gasteiger partial charge in [0.05, 0.1) is 5.69 Å². The molecule has 0 bridgehead atoms. The number of ether oxygens (including phenoxy) is 1. The van der Waals surface area contributed by atoms with E-state index in [0.29, 0.717) is 11.4 Å². The lowest BCUT2D eigenvalue weighted by atomic mass is 10.2. The molecule has 1 aromatic heterocycles. The Morgan fingerprint density at radius 3 is 2.62 bits per heavy atom. The Morgan fingerprint density at radius 2 is 1.92 bits per heavy atom. The normalized spacial score (nSPS) is 10.7.